The molecule has 2 unspecified atom stereocenters. The molecule has 8 heteroatoms. The minimum absolute atomic E-state index is 0.0189. The van der Waals surface area contributed by atoms with Crippen LogP contribution in [0.2, 0.25) is 0 Å². The highest BCUT2D eigenvalue weighted by Gasteiger charge is 2.71. The Morgan fingerprint density at radius 3 is 2.10 bits per heavy atom. The number of likely N-dealkylation sites (tertiary alicyclic amines) is 1. The SMILES string of the molecule is CC(=O)O[C@H]1CC[C@@]2(C)C(CC[C@]3(C)C2CC[C@@H]2C4=C(C(C)C)C(=O)C[C@]4(C(=O)N4CCC(NC(=O)OC(C)(C)C)CC4)CC[C@]23C)C1(C)C. The second-order valence-corrected chi connectivity index (χ2v) is 19.9. The Bertz CT molecular complexity index is 1450. The molecule has 1 aliphatic heterocycles. The summed E-state index contributed by atoms with van der Waals surface area (Å²) in [6, 6.07) is -0.0340. The maximum Gasteiger partial charge on any atom is 0.407 e. The van der Waals surface area contributed by atoms with E-state index in [1.807, 2.05) is 25.7 Å². The molecule has 0 aromatic rings. The first-order chi connectivity index (χ1) is 23.1. The van der Waals surface area contributed by atoms with Crippen molar-refractivity contribution < 1.29 is 28.7 Å². The number of alkyl carbamates (subject to hydrolysis) is 1. The summed E-state index contributed by atoms with van der Waals surface area (Å²) >= 11 is 0. The van der Waals surface area contributed by atoms with E-state index in [0.717, 1.165) is 56.9 Å². The number of ether oxygens (including phenoxy) is 2. The van der Waals surface area contributed by atoms with Crippen LogP contribution in [-0.2, 0) is 23.9 Å². The van der Waals surface area contributed by atoms with E-state index in [-0.39, 0.29) is 63.3 Å². The average molecular weight is 695 g/mol. The van der Waals surface area contributed by atoms with Crippen molar-refractivity contribution in [2.24, 2.45) is 50.7 Å². The molecule has 50 heavy (non-hydrogen) atoms. The quantitative estimate of drug-likeness (QED) is 0.297. The number of nitrogens with one attached hydrogen (secondary N) is 1. The number of hydrogen-bond donors (Lipinski definition) is 1. The van der Waals surface area contributed by atoms with Gasteiger partial charge in [-0.15, -0.1) is 0 Å². The van der Waals surface area contributed by atoms with Gasteiger partial charge in [0.2, 0.25) is 5.91 Å². The summed E-state index contributed by atoms with van der Waals surface area (Å²) in [6.45, 7) is 24.9. The van der Waals surface area contributed by atoms with Crippen LogP contribution in [0.1, 0.15) is 147 Å². The smallest absolute Gasteiger partial charge is 0.407 e. The fourth-order valence-corrected chi connectivity index (χ4v) is 13.3. The number of rotatable bonds is 4. The highest BCUT2D eigenvalue weighted by molar-refractivity contribution is 6.07. The molecule has 0 radical (unpaired) electrons. The highest BCUT2D eigenvalue weighted by Crippen LogP contribution is 2.77. The van der Waals surface area contributed by atoms with Crippen LogP contribution in [0.15, 0.2) is 11.1 Å². The van der Waals surface area contributed by atoms with Crippen molar-refractivity contribution in [3.05, 3.63) is 11.1 Å². The summed E-state index contributed by atoms with van der Waals surface area (Å²) in [7, 11) is 0. The first-order valence-corrected chi connectivity index (χ1v) is 19.8. The van der Waals surface area contributed by atoms with Gasteiger partial charge in [-0.05, 0) is 136 Å². The van der Waals surface area contributed by atoms with Crippen molar-refractivity contribution >= 4 is 23.8 Å². The van der Waals surface area contributed by atoms with Gasteiger partial charge in [0.05, 0.1) is 5.41 Å². The van der Waals surface area contributed by atoms with Crippen LogP contribution in [0.25, 0.3) is 0 Å². The molecule has 5 fully saturated rings. The molecule has 1 N–H and O–H groups in total. The van der Waals surface area contributed by atoms with Gasteiger partial charge in [-0.25, -0.2) is 4.79 Å². The fourth-order valence-electron chi connectivity index (χ4n) is 13.3. The number of carbonyl (C=O) groups is 4. The van der Waals surface area contributed by atoms with E-state index in [1.54, 1.807) is 0 Å². The minimum Gasteiger partial charge on any atom is -0.462 e. The first-order valence-electron chi connectivity index (χ1n) is 19.8. The second-order valence-electron chi connectivity index (χ2n) is 19.9. The first kappa shape index (κ1) is 37.4. The molecule has 5 aliphatic carbocycles. The third-order valence-electron chi connectivity index (χ3n) is 15.6. The van der Waals surface area contributed by atoms with Gasteiger partial charge in [-0.1, -0.05) is 48.5 Å². The molecule has 280 valence electrons. The maximum atomic E-state index is 14.9. The lowest BCUT2D eigenvalue weighted by Crippen LogP contribution is -2.66. The summed E-state index contributed by atoms with van der Waals surface area (Å²) in [6.07, 6.45) is 9.24. The molecule has 6 aliphatic rings. The molecule has 0 aromatic heterocycles. The summed E-state index contributed by atoms with van der Waals surface area (Å²) in [5.41, 5.74) is 0.951. The van der Waals surface area contributed by atoms with Crippen LogP contribution >= 0.6 is 0 Å². The standard InChI is InChI=1S/C42H66N2O6/c1-25(2)33-29(46)24-42(35(47)44-22-16-27(17-23-44)43-36(48)50-37(4,5)6)21-20-40(10)28(34(33)42)12-13-31-39(9)18-15-32(49-26(3)45)38(7,8)30(39)14-19-41(31,40)11/h25,27-28,30-32H,12-24H2,1-11H3,(H,43,48)/t28-,30?,31?,32+,39+,40-,41-,42-/m1/s1. The van der Waals surface area contributed by atoms with Crippen LogP contribution in [0.5, 0.6) is 0 Å². The van der Waals surface area contributed by atoms with Crippen LogP contribution in [0.4, 0.5) is 4.79 Å². The Morgan fingerprint density at radius 1 is 0.840 bits per heavy atom. The van der Waals surface area contributed by atoms with Gasteiger partial charge < -0.3 is 19.7 Å². The van der Waals surface area contributed by atoms with Gasteiger partial charge in [0.1, 0.15) is 11.7 Å². The van der Waals surface area contributed by atoms with E-state index in [0.29, 0.717) is 44.2 Å². The Morgan fingerprint density at radius 2 is 1.50 bits per heavy atom. The van der Waals surface area contributed by atoms with Gasteiger partial charge >= 0.3 is 12.1 Å². The van der Waals surface area contributed by atoms with E-state index >= 15 is 0 Å². The highest BCUT2D eigenvalue weighted by atomic mass is 16.6. The molecule has 8 nitrogen and oxygen atoms in total. The topological polar surface area (TPSA) is 102 Å². The number of piperidine rings is 1. The minimum atomic E-state index is -0.749. The van der Waals surface area contributed by atoms with E-state index < -0.39 is 17.1 Å². The molecule has 1 saturated heterocycles. The van der Waals surface area contributed by atoms with Crippen molar-refractivity contribution in [2.45, 2.75) is 165 Å². The molecule has 0 spiro atoms. The van der Waals surface area contributed by atoms with E-state index in [2.05, 4.69) is 53.8 Å². The number of esters is 1. The van der Waals surface area contributed by atoms with Crippen LogP contribution in [0, 0.1) is 50.7 Å². The average Bonchev–Trinajstić information content (AvgIpc) is 3.31. The zero-order valence-electron chi connectivity index (χ0n) is 33.1. The molecule has 0 aromatic carbocycles. The number of allylic oxidation sites excluding steroid dienone is 1. The Kier molecular flexibility index (Phi) is 9.24. The van der Waals surface area contributed by atoms with Gasteiger partial charge in [-0.3, -0.25) is 14.4 Å². The number of amides is 2. The van der Waals surface area contributed by atoms with E-state index in [1.165, 1.54) is 12.5 Å². The summed E-state index contributed by atoms with van der Waals surface area (Å²) in [5, 5.41) is 3.01. The van der Waals surface area contributed by atoms with Crippen molar-refractivity contribution in [3.63, 3.8) is 0 Å². The predicted octanol–water partition coefficient (Wildman–Crippen LogP) is 8.41. The zero-order valence-corrected chi connectivity index (χ0v) is 33.1. The van der Waals surface area contributed by atoms with Crippen LogP contribution in [-0.4, -0.2) is 59.5 Å². The van der Waals surface area contributed by atoms with E-state index in [4.69, 9.17) is 9.47 Å². The van der Waals surface area contributed by atoms with Crippen molar-refractivity contribution in [1.82, 2.24) is 10.2 Å². The van der Waals surface area contributed by atoms with E-state index in [9.17, 15) is 19.2 Å². The molecule has 4 saturated carbocycles. The number of Topliss-reactive ketones (excluding diaryl/α,β-unsaturated/α-hetero) is 1. The van der Waals surface area contributed by atoms with Crippen LogP contribution in [0.3, 0.4) is 0 Å². The second kappa shape index (κ2) is 12.4. The van der Waals surface area contributed by atoms with Crippen molar-refractivity contribution in [2.75, 3.05) is 13.1 Å². The van der Waals surface area contributed by atoms with Crippen molar-refractivity contribution in [1.29, 1.82) is 0 Å². The monoisotopic (exact) mass is 694 g/mol. The molecular formula is C42H66N2O6. The number of carbonyl (C=O) groups excluding carboxylic acids is 4. The third kappa shape index (κ3) is 5.67. The molecular weight excluding hydrogens is 628 g/mol. The van der Waals surface area contributed by atoms with Crippen LogP contribution < -0.4 is 5.32 Å². The normalized spacial score (nSPS) is 40.0. The van der Waals surface area contributed by atoms with Gasteiger partial charge in [0.15, 0.2) is 5.78 Å². The lowest BCUT2D eigenvalue weighted by Gasteiger charge is -2.72. The Hall–Kier alpha value is -2.38. The third-order valence-corrected chi connectivity index (χ3v) is 15.6. The zero-order chi connectivity index (χ0) is 36.8. The molecule has 2 amide bonds. The Balaban J connectivity index is 1.28. The molecule has 0 bridgehead atoms. The number of hydrogen-bond acceptors (Lipinski definition) is 6. The van der Waals surface area contributed by atoms with Gasteiger partial charge in [0.25, 0.3) is 0 Å². The maximum absolute atomic E-state index is 14.9. The van der Waals surface area contributed by atoms with Gasteiger partial charge in [0, 0.05) is 37.9 Å². The fraction of sp³-hybridized carbons (Fsp3) is 0.857. The summed E-state index contributed by atoms with van der Waals surface area (Å²) in [4.78, 5) is 55.6. The predicted molar refractivity (Wildman–Crippen MR) is 194 cm³/mol. The molecule has 8 atom stereocenters. The number of ketones is 1. The molecule has 1 heterocycles. The Labute approximate surface area is 301 Å². The summed E-state index contributed by atoms with van der Waals surface area (Å²) in [5.74, 6) is 1.44. The number of nitrogens with zero attached hydrogens (tertiary/aromatic N) is 1. The lowest BCUT2D eigenvalue weighted by molar-refractivity contribution is -0.232. The lowest BCUT2D eigenvalue weighted by atomic mass is 9.33. The number of fused-ring (bicyclic) bond motifs is 7. The van der Waals surface area contributed by atoms with Gasteiger partial charge in [-0.2, -0.15) is 0 Å². The molecule has 6 rings (SSSR count). The largest absolute Gasteiger partial charge is 0.462 e. The van der Waals surface area contributed by atoms with Crippen molar-refractivity contribution in [3.8, 4) is 0 Å². The summed E-state index contributed by atoms with van der Waals surface area (Å²) < 4.78 is 11.4.